The minimum absolute atomic E-state index is 0.0738. The minimum Gasteiger partial charge on any atom is -0.334 e. The molecule has 0 aliphatic carbocycles. The van der Waals surface area contributed by atoms with E-state index in [1.165, 1.54) is 0 Å². The van der Waals surface area contributed by atoms with Crippen LogP contribution in [-0.4, -0.2) is 42.0 Å². The predicted octanol–water partition coefficient (Wildman–Crippen LogP) is 5.33. The Labute approximate surface area is 178 Å². The van der Waals surface area contributed by atoms with Crippen molar-refractivity contribution < 1.29 is 4.79 Å². The maximum atomic E-state index is 12.4. The van der Waals surface area contributed by atoms with Crippen LogP contribution in [0.4, 0.5) is 4.79 Å². The molecule has 2 amide bonds. The van der Waals surface area contributed by atoms with E-state index in [1.807, 2.05) is 29.2 Å². The number of amides is 2. The Hall–Kier alpha value is -1.17. The van der Waals surface area contributed by atoms with Crippen LogP contribution >= 0.6 is 46.4 Å². The van der Waals surface area contributed by atoms with Crippen molar-refractivity contribution in [2.24, 2.45) is 0 Å². The zero-order valence-corrected chi connectivity index (χ0v) is 17.5. The van der Waals surface area contributed by atoms with Gasteiger partial charge in [-0.3, -0.25) is 4.90 Å². The first-order chi connectivity index (χ1) is 12.9. The lowest BCUT2D eigenvalue weighted by molar-refractivity contribution is 0.135. The second-order valence-electron chi connectivity index (χ2n) is 6.42. The molecule has 0 bridgehead atoms. The number of nitrogens with zero attached hydrogens (tertiary/aromatic N) is 2. The summed E-state index contributed by atoms with van der Waals surface area (Å²) in [6, 6.07) is 10.9. The Kier molecular flexibility index (Phi) is 7.12. The summed E-state index contributed by atoms with van der Waals surface area (Å²) in [5, 5.41) is 5.04. The first kappa shape index (κ1) is 20.6. The van der Waals surface area contributed by atoms with E-state index in [4.69, 9.17) is 46.4 Å². The normalized spacial score (nSPS) is 15.0. The third-order valence-electron chi connectivity index (χ3n) is 4.48. The van der Waals surface area contributed by atoms with Crippen LogP contribution in [0.1, 0.15) is 11.1 Å². The highest BCUT2D eigenvalue weighted by atomic mass is 35.5. The third-order valence-corrected chi connectivity index (χ3v) is 5.96. The molecule has 0 unspecified atom stereocenters. The molecule has 4 nitrogen and oxygen atoms in total. The van der Waals surface area contributed by atoms with Gasteiger partial charge in [-0.25, -0.2) is 4.79 Å². The van der Waals surface area contributed by atoms with Crippen molar-refractivity contribution in [2.45, 2.75) is 13.1 Å². The highest BCUT2D eigenvalue weighted by Gasteiger charge is 2.21. The fourth-order valence-corrected chi connectivity index (χ4v) is 3.59. The molecule has 144 valence electrons. The van der Waals surface area contributed by atoms with Gasteiger partial charge >= 0.3 is 6.03 Å². The standard InChI is InChI=1S/C19H19Cl4N3O/c20-15-3-1-13(9-17(15)22)11-24-19(27)26-7-5-25(6-8-26)12-14-2-4-16(21)18(23)10-14/h1-4,9-10H,5-8,11-12H2,(H,24,27). The number of piperazine rings is 1. The monoisotopic (exact) mass is 445 g/mol. The largest absolute Gasteiger partial charge is 0.334 e. The summed E-state index contributed by atoms with van der Waals surface area (Å²) in [6.45, 7) is 4.17. The second-order valence-corrected chi connectivity index (χ2v) is 8.05. The molecule has 1 heterocycles. The number of hydrogen-bond acceptors (Lipinski definition) is 2. The Morgan fingerprint density at radius 2 is 1.37 bits per heavy atom. The van der Waals surface area contributed by atoms with Crippen molar-refractivity contribution >= 4 is 52.4 Å². The molecule has 0 radical (unpaired) electrons. The van der Waals surface area contributed by atoms with Gasteiger partial charge in [0.05, 0.1) is 20.1 Å². The maximum Gasteiger partial charge on any atom is 0.317 e. The van der Waals surface area contributed by atoms with E-state index in [0.717, 1.165) is 30.8 Å². The van der Waals surface area contributed by atoms with Crippen LogP contribution in [0.3, 0.4) is 0 Å². The van der Waals surface area contributed by atoms with Gasteiger partial charge in [0.15, 0.2) is 0 Å². The van der Waals surface area contributed by atoms with E-state index in [0.29, 0.717) is 39.7 Å². The highest BCUT2D eigenvalue weighted by molar-refractivity contribution is 6.42. The van der Waals surface area contributed by atoms with Crippen molar-refractivity contribution in [3.63, 3.8) is 0 Å². The van der Waals surface area contributed by atoms with Crippen LogP contribution in [0.15, 0.2) is 36.4 Å². The van der Waals surface area contributed by atoms with Gasteiger partial charge in [-0.15, -0.1) is 0 Å². The molecule has 1 saturated heterocycles. The van der Waals surface area contributed by atoms with Crippen molar-refractivity contribution in [1.82, 2.24) is 15.1 Å². The molecule has 3 rings (SSSR count). The molecule has 1 aliphatic rings. The topological polar surface area (TPSA) is 35.6 Å². The van der Waals surface area contributed by atoms with Crippen LogP contribution < -0.4 is 5.32 Å². The van der Waals surface area contributed by atoms with Gasteiger partial charge in [-0.2, -0.15) is 0 Å². The molecule has 27 heavy (non-hydrogen) atoms. The van der Waals surface area contributed by atoms with Crippen LogP contribution in [0.25, 0.3) is 0 Å². The number of halogens is 4. The molecule has 0 spiro atoms. The summed E-state index contributed by atoms with van der Waals surface area (Å²) in [6.07, 6.45) is 0. The lowest BCUT2D eigenvalue weighted by atomic mass is 10.2. The number of nitrogens with one attached hydrogen (secondary N) is 1. The van der Waals surface area contributed by atoms with Crippen molar-refractivity contribution in [2.75, 3.05) is 26.2 Å². The number of carbonyl (C=O) groups is 1. The van der Waals surface area contributed by atoms with Crippen LogP contribution in [0.2, 0.25) is 20.1 Å². The molecular formula is C19H19Cl4N3O. The Morgan fingerprint density at radius 1 is 0.815 bits per heavy atom. The summed E-state index contributed by atoms with van der Waals surface area (Å²) in [7, 11) is 0. The van der Waals surface area contributed by atoms with Crippen molar-refractivity contribution in [3.8, 4) is 0 Å². The number of urea groups is 1. The average Bonchev–Trinajstić information content (AvgIpc) is 2.66. The number of carbonyl (C=O) groups excluding carboxylic acids is 1. The summed E-state index contributed by atoms with van der Waals surface area (Å²) < 4.78 is 0. The smallest absolute Gasteiger partial charge is 0.317 e. The van der Waals surface area contributed by atoms with Crippen LogP contribution in [0, 0.1) is 0 Å². The minimum atomic E-state index is -0.0738. The van der Waals surface area contributed by atoms with Gasteiger partial charge in [0, 0.05) is 39.3 Å². The molecule has 0 aromatic heterocycles. The zero-order valence-electron chi connectivity index (χ0n) is 14.5. The second kappa shape index (κ2) is 9.35. The van der Waals surface area contributed by atoms with E-state index >= 15 is 0 Å². The molecular weight excluding hydrogens is 428 g/mol. The molecule has 1 aliphatic heterocycles. The van der Waals surface area contributed by atoms with E-state index in [9.17, 15) is 4.79 Å². The van der Waals surface area contributed by atoms with Crippen LogP contribution in [-0.2, 0) is 13.1 Å². The summed E-state index contributed by atoms with van der Waals surface area (Å²) in [5.74, 6) is 0. The van der Waals surface area contributed by atoms with E-state index in [-0.39, 0.29) is 6.03 Å². The summed E-state index contributed by atoms with van der Waals surface area (Å²) in [4.78, 5) is 16.5. The lowest BCUT2D eigenvalue weighted by Gasteiger charge is -2.34. The number of rotatable bonds is 4. The van der Waals surface area contributed by atoms with Gasteiger partial charge in [-0.1, -0.05) is 58.5 Å². The molecule has 0 saturated carbocycles. The molecule has 0 atom stereocenters. The Balaban J connectivity index is 1.45. The SMILES string of the molecule is O=C(NCc1ccc(Cl)c(Cl)c1)N1CCN(Cc2ccc(Cl)c(Cl)c2)CC1. The summed E-state index contributed by atoms with van der Waals surface area (Å²) in [5.41, 5.74) is 2.03. The number of hydrogen-bond donors (Lipinski definition) is 1. The fourth-order valence-electron chi connectivity index (χ4n) is 2.94. The van der Waals surface area contributed by atoms with Crippen molar-refractivity contribution in [3.05, 3.63) is 67.6 Å². The summed E-state index contributed by atoms with van der Waals surface area (Å²) >= 11 is 23.9. The molecule has 2 aromatic carbocycles. The first-order valence-corrected chi connectivity index (χ1v) is 10.1. The Morgan fingerprint density at radius 3 is 1.96 bits per heavy atom. The average molecular weight is 447 g/mol. The van der Waals surface area contributed by atoms with Gasteiger partial charge in [-0.05, 0) is 35.4 Å². The van der Waals surface area contributed by atoms with E-state index in [2.05, 4.69) is 10.2 Å². The lowest BCUT2D eigenvalue weighted by Crippen LogP contribution is -2.51. The highest BCUT2D eigenvalue weighted by Crippen LogP contribution is 2.24. The van der Waals surface area contributed by atoms with E-state index < -0.39 is 0 Å². The molecule has 1 fully saturated rings. The van der Waals surface area contributed by atoms with Gasteiger partial charge in [0.1, 0.15) is 0 Å². The first-order valence-electron chi connectivity index (χ1n) is 8.55. The van der Waals surface area contributed by atoms with Crippen LogP contribution in [0.5, 0.6) is 0 Å². The number of benzene rings is 2. The predicted molar refractivity (Wildman–Crippen MR) is 112 cm³/mol. The fraction of sp³-hybridized carbons (Fsp3) is 0.316. The van der Waals surface area contributed by atoms with E-state index in [1.54, 1.807) is 12.1 Å². The Bertz CT molecular complexity index is 823. The molecule has 1 N–H and O–H groups in total. The zero-order chi connectivity index (χ0) is 19.4. The van der Waals surface area contributed by atoms with Gasteiger partial charge in [0.25, 0.3) is 0 Å². The van der Waals surface area contributed by atoms with Gasteiger partial charge < -0.3 is 10.2 Å². The molecule has 8 heteroatoms. The quantitative estimate of drug-likeness (QED) is 0.688. The third kappa shape index (κ3) is 5.66. The molecule has 2 aromatic rings. The van der Waals surface area contributed by atoms with Gasteiger partial charge in [0.2, 0.25) is 0 Å². The maximum absolute atomic E-state index is 12.4. The van der Waals surface area contributed by atoms with Crippen molar-refractivity contribution in [1.29, 1.82) is 0 Å².